The van der Waals surface area contributed by atoms with E-state index in [1.807, 2.05) is 36.4 Å². The summed E-state index contributed by atoms with van der Waals surface area (Å²) in [5.74, 6) is 0. The molecular formula is C16H9Br2N3. The maximum absolute atomic E-state index is 9.04. The summed E-state index contributed by atoms with van der Waals surface area (Å²) in [4.78, 5) is 4.46. The van der Waals surface area contributed by atoms with Gasteiger partial charge in [-0.05, 0) is 46.3 Å². The molecule has 1 N–H and O–H groups in total. The third-order valence-corrected chi connectivity index (χ3v) is 3.87. The average molecular weight is 403 g/mol. The maximum atomic E-state index is 9.04. The summed E-state index contributed by atoms with van der Waals surface area (Å²) in [5.41, 5.74) is 3.24. The van der Waals surface area contributed by atoms with Gasteiger partial charge in [0.25, 0.3) is 0 Å². The topological polar surface area (TPSA) is 48.7 Å². The molecule has 3 nitrogen and oxygen atoms in total. The zero-order valence-corrected chi connectivity index (χ0v) is 13.9. The predicted octanol–water partition coefficient (Wildman–Crippen LogP) is 5.38. The molecule has 0 saturated heterocycles. The lowest BCUT2D eigenvalue weighted by atomic mass is 10.1. The van der Waals surface area contributed by atoms with Crippen molar-refractivity contribution in [3.8, 4) is 6.07 Å². The van der Waals surface area contributed by atoms with Crippen molar-refractivity contribution in [3.05, 3.63) is 63.2 Å². The molecule has 0 aliphatic rings. The first-order chi connectivity index (χ1) is 10.2. The number of hydrogen-bond acceptors (Lipinski definition) is 3. The number of pyridine rings is 1. The van der Waals surface area contributed by atoms with Crippen LogP contribution in [0.3, 0.4) is 0 Å². The smallest absolute Gasteiger partial charge is 0.0992 e. The number of rotatable bonds is 2. The lowest BCUT2D eigenvalue weighted by molar-refractivity contribution is 1.38. The van der Waals surface area contributed by atoms with Gasteiger partial charge in [-0.3, -0.25) is 4.98 Å². The number of nitrogens with zero attached hydrogens (tertiary/aromatic N) is 2. The normalized spacial score (nSPS) is 10.3. The van der Waals surface area contributed by atoms with Gasteiger partial charge >= 0.3 is 0 Å². The van der Waals surface area contributed by atoms with E-state index in [9.17, 15) is 0 Å². The van der Waals surface area contributed by atoms with Crippen molar-refractivity contribution in [1.82, 2.24) is 4.98 Å². The third kappa shape index (κ3) is 3.07. The lowest BCUT2D eigenvalue weighted by Gasteiger charge is -2.10. The molecule has 102 valence electrons. The van der Waals surface area contributed by atoms with E-state index in [4.69, 9.17) is 5.26 Å². The molecule has 0 bridgehead atoms. The van der Waals surface area contributed by atoms with Crippen LogP contribution in [-0.4, -0.2) is 4.98 Å². The molecule has 0 saturated carbocycles. The van der Waals surface area contributed by atoms with Crippen molar-refractivity contribution in [3.63, 3.8) is 0 Å². The first-order valence-corrected chi connectivity index (χ1v) is 7.76. The van der Waals surface area contributed by atoms with E-state index >= 15 is 0 Å². The summed E-state index contributed by atoms with van der Waals surface area (Å²) in [5, 5.41) is 13.4. The second-order valence-corrected chi connectivity index (χ2v) is 6.33. The van der Waals surface area contributed by atoms with E-state index < -0.39 is 0 Å². The first-order valence-electron chi connectivity index (χ1n) is 6.18. The number of benzene rings is 2. The van der Waals surface area contributed by atoms with E-state index in [-0.39, 0.29) is 0 Å². The molecule has 0 radical (unpaired) electrons. The van der Waals surface area contributed by atoms with Gasteiger partial charge in [-0.15, -0.1) is 0 Å². The molecule has 0 unspecified atom stereocenters. The highest BCUT2D eigenvalue weighted by molar-refractivity contribution is 9.10. The summed E-state index contributed by atoms with van der Waals surface area (Å²) >= 11 is 6.84. The van der Waals surface area contributed by atoms with E-state index in [2.05, 4.69) is 48.2 Å². The Hall–Kier alpha value is -1.90. The molecule has 1 aromatic heterocycles. The highest BCUT2D eigenvalue weighted by atomic mass is 79.9. The fourth-order valence-electron chi connectivity index (χ4n) is 2.12. The molecule has 21 heavy (non-hydrogen) atoms. The number of nitrogens with one attached hydrogen (secondary N) is 1. The van der Waals surface area contributed by atoms with Crippen LogP contribution in [0.15, 0.2) is 57.6 Å². The van der Waals surface area contributed by atoms with Crippen LogP contribution in [0.1, 0.15) is 5.56 Å². The number of nitriles is 1. The monoisotopic (exact) mass is 401 g/mol. The SMILES string of the molecule is N#Cc1cc(Br)cc(Nc2cccc3cc(Br)cnc23)c1. The Balaban J connectivity index is 2.06. The number of aromatic nitrogens is 1. The average Bonchev–Trinajstić information content (AvgIpc) is 2.46. The molecule has 1 heterocycles. The van der Waals surface area contributed by atoms with Crippen LogP contribution >= 0.6 is 31.9 Å². The predicted molar refractivity (Wildman–Crippen MR) is 91.6 cm³/mol. The second-order valence-electron chi connectivity index (χ2n) is 4.50. The van der Waals surface area contributed by atoms with Gasteiger partial charge in [0, 0.05) is 26.2 Å². The van der Waals surface area contributed by atoms with Crippen LogP contribution < -0.4 is 5.32 Å². The minimum atomic E-state index is 0.600. The fourth-order valence-corrected chi connectivity index (χ4v) is 2.96. The van der Waals surface area contributed by atoms with Gasteiger partial charge in [-0.2, -0.15) is 5.26 Å². The summed E-state index contributed by atoms with van der Waals surface area (Å²) in [6, 6.07) is 15.6. The quantitative estimate of drug-likeness (QED) is 0.626. The third-order valence-electron chi connectivity index (χ3n) is 2.98. The molecular weight excluding hydrogens is 394 g/mol. The van der Waals surface area contributed by atoms with Gasteiger partial charge in [0.05, 0.1) is 22.8 Å². The Bertz CT molecular complexity index is 869. The summed E-state index contributed by atoms with van der Waals surface area (Å²) in [6.07, 6.45) is 1.77. The number of halogens is 2. The van der Waals surface area contributed by atoms with Gasteiger partial charge < -0.3 is 5.32 Å². The van der Waals surface area contributed by atoms with E-state index in [0.717, 1.165) is 31.2 Å². The van der Waals surface area contributed by atoms with E-state index in [1.54, 1.807) is 12.3 Å². The zero-order valence-electron chi connectivity index (χ0n) is 10.8. The minimum absolute atomic E-state index is 0.600. The maximum Gasteiger partial charge on any atom is 0.0992 e. The number of para-hydroxylation sites is 1. The molecule has 5 heteroatoms. The Morgan fingerprint density at radius 3 is 2.71 bits per heavy atom. The van der Waals surface area contributed by atoms with Gasteiger partial charge in [0.1, 0.15) is 0 Å². The molecule has 0 aliphatic heterocycles. The number of fused-ring (bicyclic) bond motifs is 1. The Labute approximate surface area is 138 Å². The fraction of sp³-hybridized carbons (Fsp3) is 0. The summed E-state index contributed by atoms with van der Waals surface area (Å²) in [6.45, 7) is 0. The molecule has 0 amide bonds. The minimum Gasteiger partial charge on any atom is -0.354 e. The van der Waals surface area contributed by atoms with Crippen molar-refractivity contribution in [2.75, 3.05) is 5.32 Å². The molecule has 0 spiro atoms. The van der Waals surface area contributed by atoms with Crippen LogP contribution in [0, 0.1) is 11.3 Å². The Kier molecular flexibility index (Phi) is 3.91. The van der Waals surface area contributed by atoms with Crippen molar-refractivity contribution >= 4 is 54.1 Å². The van der Waals surface area contributed by atoms with E-state index in [0.29, 0.717) is 5.56 Å². The van der Waals surface area contributed by atoms with Crippen LogP contribution in [0.4, 0.5) is 11.4 Å². The van der Waals surface area contributed by atoms with Crippen molar-refractivity contribution in [2.45, 2.75) is 0 Å². The lowest BCUT2D eigenvalue weighted by Crippen LogP contribution is -1.94. The molecule has 3 rings (SSSR count). The summed E-state index contributed by atoms with van der Waals surface area (Å²) in [7, 11) is 0. The highest BCUT2D eigenvalue weighted by Gasteiger charge is 2.05. The zero-order chi connectivity index (χ0) is 14.8. The first kappa shape index (κ1) is 14.1. The standard InChI is InChI=1S/C16H9Br2N3/c17-12-4-10(8-19)5-14(7-12)21-15-3-1-2-11-6-13(18)9-20-16(11)15/h1-7,9,21H. The van der Waals surface area contributed by atoms with Crippen LogP contribution in [0.2, 0.25) is 0 Å². The molecule has 0 fully saturated rings. The van der Waals surface area contributed by atoms with Crippen molar-refractivity contribution < 1.29 is 0 Å². The van der Waals surface area contributed by atoms with Gasteiger partial charge in [0.2, 0.25) is 0 Å². The molecule has 3 aromatic rings. The van der Waals surface area contributed by atoms with Gasteiger partial charge in [0.15, 0.2) is 0 Å². The largest absolute Gasteiger partial charge is 0.354 e. The van der Waals surface area contributed by atoms with Crippen LogP contribution in [0.5, 0.6) is 0 Å². The summed E-state index contributed by atoms with van der Waals surface area (Å²) < 4.78 is 1.81. The number of anilines is 2. The number of hydrogen-bond donors (Lipinski definition) is 1. The van der Waals surface area contributed by atoms with Gasteiger partial charge in [-0.25, -0.2) is 0 Å². The Morgan fingerprint density at radius 1 is 1.05 bits per heavy atom. The molecule has 0 aliphatic carbocycles. The van der Waals surface area contributed by atoms with Crippen molar-refractivity contribution in [1.29, 1.82) is 5.26 Å². The van der Waals surface area contributed by atoms with Gasteiger partial charge in [-0.1, -0.05) is 28.1 Å². The molecule has 0 atom stereocenters. The second kappa shape index (κ2) is 5.84. The Morgan fingerprint density at radius 2 is 1.90 bits per heavy atom. The molecule has 2 aromatic carbocycles. The van der Waals surface area contributed by atoms with Crippen molar-refractivity contribution in [2.24, 2.45) is 0 Å². The van der Waals surface area contributed by atoms with E-state index in [1.165, 1.54) is 0 Å². The van der Waals surface area contributed by atoms with Crippen LogP contribution in [-0.2, 0) is 0 Å². The highest BCUT2D eigenvalue weighted by Crippen LogP contribution is 2.28. The van der Waals surface area contributed by atoms with Crippen LogP contribution in [0.25, 0.3) is 10.9 Å².